The van der Waals surface area contributed by atoms with E-state index < -0.39 is 34.1 Å². The van der Waals surface area contributed by atoms with E-state index in [0.717, 1.165) is 15.4 Å². The second-order valence-corrected chi connectivity index (χ2v) is 14.6. The highest BCUT2D eigenvalue weighted by molar-refractivity contribution is 7.92. The number of hydrogen-bond donors (Lipinski definition) is 1. The van der Waals surface area contributed by atoms with E-state index in [1.54, 1.807) is 60.7 Å². The minimum Gasteiger partial charge on any atom is -0.350 e. The van der Waals surface area contributed by atoms with Gasteiger partial charge in [-0.05, 0) is 81.3 Å². The van der Waals surface area contributed by atoms with Gasteiger partial charge in [-0.3, -0.25) is 13.9 Å². The van der Waals surface area contributed by atoms with Crippen LogP contribution in [0.15, 0.2) is 108 Å². The number of benzene rings is 4. The second-order valence-electron chi connectivity index (χ2n) is 11.9. The van der Waals surface area contributed by atoms with Gasteiger partial charge in [-0.25, -0.2) is 8.42 Å². The molecule has 4 rings (SSSR count). The van der Waals surface area contributed by atoms with Crippen LogP contribution in [0.4, 0.5) is 5.69 Å². The van der Waals surface area contributed by atoms with Gasteiger partial charge in [0.05, 0.1) is 10.6 Å². The van der Waals surface area contributed by atoms with Crippen LogP contribution in [0, 0.1) is 6.92 Å². The summed E-state index contributed by atoms with van der Waals surface area (Å²) in [4.78, 5) is 29.9. The maximum Gasteiger partial charge on any atom is 0.264 e. The first-order valence-corrected chi connectivity index (χ1v) is 16.7. The fraction of sp³-hybridized carbons (Fsp3) is 0.257. The van der Waals surface area contributed by atoms with Gasteiger partial charge in [0.15, 0.2) is 0 Å². The van der Waals surface area contributed by atoms with Crippen molar-refractivity contribution in [2.75, 3.05) is 10.8 Å². The number of halogens is 2. The molecule has 0 aliphatic heterocycles. The van der Waals surface area contributed by atoms with Crippen LogP contribution >= 0.6 is 23.2 Å². The molecule has 0 spiro atoms. The second kappa shape index (κ2) is 14.5. The van der Waals surface area contributed by atoms with Crippen molar-refractivity contribution in [3.63, 3.8) is 0 Å². The summed E-state index contributed by atoms with van der Waals surface area (Å²) in [5.74, 6) is -0.947. The number of rotatable bonds is 11. The fourth-order valence-corrected chi connectivity index (χ4v) is 6.53. The SMILES string of the molecule is Cc1ccc(S(=O)(=O)N(CC(=O)N(Cc2ccccc2Cl)[C@H](Cc2ccccc2)C(=O)NC(C)(C)C)c2ccc(Cl)cc2)cc1. The lowest BCUT2D eigenvalue weighted by Gasteiger charge is -2.35. The highest BCUT2D eigenvalue weighted by atomic mass is 35.5. The average Bonchev–Trinajstić information content (AvgIpc) is 2.99. The molecule has 0 aromatic heterocycles. The van der Waals surface area contributed by atoms with E-state index in [1.807, 2.05) is 58.0 Å². The van der Waals surface area contributed by atoms with Crippen molar-refractivity contribution in [1.29, 1.82) is 0 Å². The minimum atomic E-state index is -4.21. The van der Waals surface area contributed by atoms with Crippen LogP contribution in [0.25, 0.3) is 0 Å². The summed E-state index contributed by atoms with van der Waals surface area (Å²) in [5.41, 5.74) is 2.02. The molecule has 45 heavy (non-hydrogen) atoms. The van der Waals surface area contributed by atoms with Crippen LogP contribution < -0.4 is 9.62 Å². The zero-order valence-electron chi connectivity index (χ0n) is 25.7. The number of aryl methyl sites for hydroxylation is 1. The van der Waals surface area contributed by atoms with Crippen LogP contribution in [0.1, 0.15) is 37.5 Å². The summed E-state index contributed by atoms with van der Waals surface area (Å²) < 4.78 is 29.3. The maximum atomic E-state index is 14.5. The first-order chi connectivity index (χ1) is 21.2. The van der Waals surface area contributed by atoms with E-state index >= 15 is 0 Å². The van der Waals surface area contributed by atoms with Gasteiger partial charge in [-0.2, -0.15) is 0 Å². The third kappa shape index (κ3) is 9.10. The summed E-state index contributed by atoms with van der Waals surface area (Å²) >= 11 is 12.7. The van der Waals surface area contributed by atoms with Gasteiger partial charge < -0.3 is 10.2 Å². The third-order valence-electron chi connectivity index (χ3n) is 7.07. The molecule has 0 radical (unpaired) electrons. The minimum absolute atomic E-state index is 0.0212. The molecule has 4 aromatic rings. The largest absolute Gasteiger partial charge is 0.350 e. The van der Waals surface area contributed by atoms with Crippen LogP contribution in [-0.2, 0) is 32.6 Å². The van der Waals surface area contributed by atoms with Crippen LogP contribution in [0.3, 0.4) is 0 Å². The molecule has 0 saturated carbocycles. The summed E-state index contributed by atoms with van der Waals surface area (Å²) in [6.45, 7) is 6.85. The van der Waals surface area contributed by atoms with Crippen LogP contribution in [0.5, 0.6) is 0 Å². The predicted molar refractivity (Wildman–Crippen MR) is 181 cm³/mol. The van der Waals surface area contributed by atoms with E-state index in [4.69, 9.17) is 23.2 Å². The number of amides is 2. The summed E-state index contributed by atoms with van der Waals surface area (Å²) in [7, 11) is -4.21. The van der Waals surface area contributed by atoms with Gasteiger partial charge in [0, 0.05) is 28.5 Å². The lowest BCUT2D eigenvalue weighted by atomic mass is 10.0. The molecule has 0 bridgehead atoms. The number of carbonyl (C=O) groups is 2. The van der Waals surface area contributed by atoms with Crippen molar-refractivity contribution < 1.29 is 18.0 Å². The number of anilines is 1. The Morgan fingerprint density at radius 2 is 1.42 bits per heavy atom. The van der Waals surface area contributed by atoms with Gasteiger partial charge in [-0.1, -0.05) is 89.4 Å². The van der Waals surface area contributed by atoms with Crippen molar-refractivity contribution in [1.82, 2.24) is 10.2 Å². The number of hydrogen-bond acceptors (Lipinski definition) is 4. The van der Waals surface area contributed by atoms with Crippen molar-refractivity contribution >= 4 is 50.7 Å². The van der Waals surface area contributed by atoms with Gasteiger partial charge in [-0.15, -0.1) is 0 Å². The van der Waals surface area contributed by atoms with E-state index in [9.17, 15) is 18.0 Å². The Morgan fingerprint density at radius 1 is 0.822 bits per heavy atom. The Balaban J connectivity index is 1.82. The highest BCUT2D eigenvalue weighted by Gasteiger charge is 2.35. The molecule has 0 unspecified atom stereocenters. The van der Waals surface area contributed by atoms with Crippen LogP contribution in [-0.4, -0.2) is 43.3 Å². The third-order valence-corrected chi connectivity index (χ3v) is 9.48. The first-order valence-electron chi connectivity index (χ1n) is 14.5. The molecule has 10 heteroatoms. The van der Waals surface area contributed by atoms with Crippen molar-refractivity contribution in [3.05, 3.63) is 130 Å². The van der Waals surface area contributed by atoms with Gasteiger partial charge in [0.2, 0.25) is 11.8 Å². The molecule has 0 heterocycles. The molecule has 2 amide bonds. The van der Waals surface area contributed by atoms with Crippen molar-refractivity contribution in [3.8, 4) is 0 Å². The molecular formula is C35H37Cl2N3O4S. The molecule has 0 aliphatic rings. The fourth-order valence-electron chi connectivity index (χ4n) is 4.79. The van der Waals surface area contributed by atoms with E-state index in [1.165, 1.54) is 17.0 Å². The van der Waals surface area contributed by atoms with E-state index in [-0.39, 0.29) is 29.5 Å². The molecule has 0 saturated heterocycles. The van der Waals surface area contributed by atoms with Gasteiger partial charge >= 0.3 is 0 Å². The zero-order valence-corrected chi connectivity index (χ0v) is 28.0. The Kier molecular flexibility index (Phi) is 11.0. The molecule has 0 aliphatic carbocycles. The monoisotopic (exact) mass is 665 g/mol. The highest BCUT2D eigenvalue weighted by Crippen LogP contribution is 2.27. The normalized spacial score (nSPS) is 12.3. The van der Waals surface area contributed by atoms with Gasteiger partial charge in [0.1, 0.15) is 12.6 Å². The molecule has 1 atom stereocenters. The Morgan fingerprint density at radius 3 is 2.02 bits per heavy atom. The summed E-state index contributed by atoms with van der Waals surface area (Å²) in [6.07, 6.45) is 0.199. The smallest absolute Gasteiger partial charge is 0.264 e. The predicted octanol–water partition coefficient (Wildman–Crippen LogP) is 7.05. The molecule has 4 aromatic carbocycles. The Hall–Kier alpha value is -3.85. The zero-order chi connectivity index (χ0) is 32.8. The summed E-state index contributed by atoms with van der Waals surface area (Å²) in [6, 6.07) is 28.1. The van der Waals surface area contributed by atoms with Crippen molar-refractivity contribution in [2.24, 2.45) is 0 Å². The lowest BCUT2D eigenvalue weighted by Crippen LogP contribution is -2.56. The summed E-state index contributed by atoms with van der Waals surface area (Å²) in [5, 5.41) is 3.86. The molecule has 7 nitrogen and oxygen atoms in total. The Bertz CT molecular complexity index is 1720. The Labute approximate surface area is 275 Å². The number of carbonyl (C=O) groups excluding carboxylic acids is 2. The lowest BCUT2D eigenvalue weighted by molar-refractivity contribution is -0.140. The molecule has 1 N–H and O–H groups in total. The standard InChI is InChI=1S/C35H37Cl2N3O4S/c1-25-14-20-30(21-15-25)45(43,44)40(29-18-16-28(36)17-19-29)24-33(41)39(23-27-12-8-9-13-31(27)37)32(34(42)38-35(2,3)4)22-26-10-6-5-7-11-26/h5-21,32H,22-24H2,1-4H3,(H,38,42)/t32-/m1/s1. The average molecular weight is 667 g/mol. The number of nitrogens with one attached hydrogen (secondary N) is 1. The molecule has 0 fully saturated rings. The van der Waals surface area contributed by atoms with E-state index in [0.29, 0.717) is 15.6 Å². The quantitative estimate of drug-likeness (QED) is 0.186. The molecule has 236 valence electrons. The maximum absolute atomic E-state index is 14.5. The van der Waals surface area contributed by atoms with E-state index in [2.05, 4.69) is 5.32 Å². The number of nitrogens with zero attached hydrogens (tertiary/aromatic N) is 2. The van der Waals surface area contributed by atoms with Crippen LogP contribution in [0.2, 0.25) is 10.0 Å². The number of sulfonamides is 1. The molecular weight excluding hydrogens is 629 g/mol. The first kappa shape index (κ1) is 34.0. The topological polar surface area (TPSA) is 86.8 Å². The van der Waals surface area contributed by atoms with Gasteiger partial charge in [0.25, 0.3) is 10.0 Å². The van der Waals surface area contributed by atoms with Crippen molar-refractivity contribution in [2.45, 2.75) is 57.1 Å².